The Morgan fingerprint density at radius 1 is 0.704 bits per heavy atom. The lowest BCUT2D eigenvalue weighted by Gasteiger charge is -2.08. The van der Waals surface area contributed by atoms with Crippen LogP contribution in [0.25, 0.3) is 10.8 Å². The highest BCUT2D eigenvalue weighted by Gasteiger charge is 2.21. The fourth-order valence-electron chi connectivity index (χ4n) is 2.46. The van der Waals surface area contributed by atoms with Crippen LogP contribution in [0.5, 0.6) is 0 Å². The minimum absolute atomic E-state index is 0.0388. The standard InChI is InChI=1S/C16H13N3O6S2/c17-10-4-6-11(7-5-10)18-19-12-8-14-13(16(9-12)27(23,24)25)2-1-3-15(14)26(20,21)22/h1-9H,17H2,(H,20,21,22)(H,23,24,25). The lowest BCUT2D eigenvalue weighted by Crippen LogP contribution is -2.03. The van der Waals surface area contributed by atoms with Gasteiger partial charge in [-0.25, -0.2) is 0 Å². The number of nitrogens with zero attached hydrogens (tertiary/aromatic N) is 2. The zero-order valence-electron chi connectivity index (χ0n) is 13.5. The summed E-state index contributed by atoms with van der Waals surface area (Å²) in [6.45, 7) is 0. The predicted octanol–water partition coefficient (Wildman–Crippen LogP) is 3.33. The summed E-state index contributed by atoms with van der Waals surface area (Å²) in [5.41, 5.74) is 6.47. The Morgan fingerprint density at radius 3 is 1.89 bits per heavy atom. The van der Waals surface area contributed by atoms with E-state index in [4.69, 9.17) is 5.73 Å². The van der Waals surface area contributed by atoms with Gasteiger partial charge in [-0.3, -0.25) is 9.11 Å². The maximum absolute atomic E-state index is 11.7. The lowest BCUT2D eigenvalue weighted by molar-refractivity contribution is 0.481. The number of nitrogens with two attached hydrogens (primary N) is 1. The molecule has 11 heteroatoms. The molecule has 3 aromatic rings. The molecular formula is C16H13N3O6S2. The summed E-state index contributed by atoms with van der Waals surface area (Å²) in [6.07, 6.45) is 0. The SMILES string of the molecule is Nc1ccc(N=Nc2cc(S(=O)(=O)O)c3cccc(S(=O)(=O)O)c3c2)cc1. The van der Waals surface area contributed by atoms with Gasteiger partial charge in [-0.1, -0.05) is 12.1 Å². The van der Waals surface area contributed by atoms with Crippen molar-refractivity contribution in [2.75, 3.05) is 5.73 Å². The molecule has 0 aliphatic carbocycles. The number of azo groups is 1. The first kappa shape index (κ1) is 18.9. The third-order valence-electron chi connectivity index (χ3n) is 3.63. The fraction of sp³-hybridized carbons (Fsp3) is 0. The Morgan fingerprint density at radius 2 is 1.30 bits per heavy atom. The van der Waals surface area contributed by atoms with Gasteiger partial charge in [0.25, 0.3) is 20.2 Å². The van der Waals surface area contributed by atoms with Gasteiger partial charge in [-0.2, -0.15) is 27.1 Å². The van der Waals surface area contributed by atoms with Crippen molar-refractivity contribution in [3.8, 4) is 0 Å². The highest BCUT2D eigenvalue weighted by Crippen LogP contribution is 2.33. The summed E-state index contributed by atoms with van der Waals surface area (Å²) < 4.78 is 65.6. The number of nitrogen functional groups attached to an aromatic ring is 1. The first-order chi connectivity index (χ1) is 12.6. The van der Waals surface area contributed by atoms with Crippen LogP contribution in [-0.4, -0.2) is 25.9 Å². The van der Waals surface area contributed by atoms with Crippen LogP contribution in [0.4, 0.5) is 17.1 Å². The van der Waals surface area contributed by atoms with Crippen molar-refractivity contribution in [2.24, 2.45) is 10.2 Å². The lowest BCUT2D eigenvalue weighted by atomic mass is 10.1. The number of hydrogen-bond donors (Lipinski definition) is 3. The molecule has 4 N–H and O–H groups in total. The largest absolute Gasteiger partial charge is 0.399 e. The summed E-state index contributed by atoms with van der Waals surface area (Å²) in [5, 5.41) is 7.60. The third kappa shape index (κ3) is 4.11. The van der Waals surface area contributed by atoms with Gasteiger partial charge in [0.15, 0.2) is 0 Å². The van der Waals surface area contributed by atoms with Crippen LogP contribution in [0.3, 0.4) is 0 Å². The summed E-state index contributed by atoms with van der Waals surface area (Å²) in [7, 11) is -9.34. The first-order valence-corrected chi connectivity index (χ1v) is 10.2. The molecule has 0 amide bonds. The van der Waals surface area contributed by atoms with Gasteiger partial charge in [-0.05, 0) is 42.5 Å². The van der Waals surface area contributed by atoms with Crippen molar-refractivity contribution in [1.29, 1.82) is 0 Å². The van der Waals surface area contributed by atoms with E-state index in [9.17, 15) is 25.9 Å². The van der Waals surface area contributed by atoms with Gasteiger partial charge < -0.3 is 5.73 Å². The second-order valence-electron chi connectivity index (χ2n) is 5.54. The van der Waals surface area contributed by atoms with Gasteiger partial charge in [-0.15, -0.1) is 0 Å². The van der Waals surface area contributed by atoms with E-state index in [1.807, 2.05) is 0 Å². The molecule has 0 saturated carbocycles. The maximum Gasteiger partial charge on any atom is 0.295 e. The second kappa shape index (κ2) is 6.70. The van der Waals surface area contributed by atoms with Crippen molar-refractivity contribution in [2.45, 2.75) is 9.79 Å². The topological polar surface area (TPSA) is 159 Å². The Bertz CT molecular complexity index is 1270. The molecule has 0 aliphatic heterocycles. The van der Waals surface area contributed by atoms with Crippen LogP contribution in [0.1, 0.15) is 0 Å². The normalized spacial score (nSPS) is 12.7. The number of benzene rings is 3. The average Bonchev–Trinajstić information content (AvgIpc) is 2.58. The fourth-order valence-corrected chi connectivity index (χ4v) is 3.88. The molecule has 0 fully saturated rings. The summed E-state index contributed by atoms with van der Waals surface area (Å²) in [4.78, 5) is -1.08. The average molecular weight is 407 g/mol. The van der Waals surface area contributed by atoms with Gasteiger partial charge in [0.1, 0.15) is 9.79 Å². The number of hydrogen-bond acceptors (Lipinski definition) is 7. The molecule has 140 valence electrons. The molecule has 0 unspecified atom stereocenters. The van der Waals surface area contributed by atoms with Crippen LogP contribution in [-0.2, 0) is 20.2 Å². The van der Waals surface area contributed by atoms with Crippen molar-refractivity contribution in [3.05, 3.63) is 54.6 Å². The molecule has 0 spiro atoms. The summed E-state index contributed by atoms with van der Waals surface area (Å²) >= 11 is 0. The second-order valence-corrected chi connectivity index (χ2v) is 8.32. The number of fused-ring (bicyclic) bond motifs is 1. The highest BCUT2D eigenvalue weighted by molar-refractivity contribution is 7.86. The van der Waals surface area contributed by atoms with E-state index in [1.54, 1.807) is 24.3 Å². The van der Waals surface area contributed by atoms with E-state index in [-0.39, 0.29) is 16.5 Å². The van der Waals surface area contributed by atoms with E-state index in [2.05, 4.69) is 10.2 Å². The van der Waals surface area contributed by atoms with E-state index in [1.165, 1.54) is 18.2 Å². The van der Waals surface area contributed by atoms with E-state index < -0.39 is 30.0 Å². The monoisotopic (exact) mass is 407 g/mol. The van der Waals surface area contributed by atoms with Crippen LogP contribution >= 0.6 is 0 Å². The minimum Gasteiger partial charge on any atom is -0.399 e. The Kier molecular flexibility index (Phi) is 4.70. The molecule has 9 nitrogen and oxygen atoms in total. The Balaban J connectivity index is 2.26. The Hall–Kier alpha value is -2.86. The molecule has 0 aliphatic rings. The van der Waals surface area contributed by atoms with E-state index in [0.29, 0.717) is 11.4 Å². The zero-order valence-corrected chi connectivity index (χ0v) is 15.1. The molecule has 0 heterocycles. The van der Waals surface area contributed by atoms with Gasteiger partial charge >= 0.3 is 0 Å². The zero-order chi connectivity index (χ0) is 19.8. The van der Waals surface area contributed by atoms with Gasteiger partial charge in [0, 0.05) is 16.5 Å². The Labute approximate surface area is 154 Å². The van der Waals surface area contributed by atoms with Crippen LogP contribution in [0, 0.1) is 0 Å². The summed E-state index contributed by atoms with van der Waals surface area (Å²) in [5.74, 6) is 0. The van der Waals surface area contributed by atoms with E-state index in [0.717, 1.165) is 12.1 Å². The smallest absolute Gasteiger partial charge is 0.295 e. The van der Waals surface area contributed by atoms with E-state index >= 15 is 0 Å². The van der Waals surface area contributed by atoms with Crippen molar-refractivity contribution in [1.82, 2.24) is 0 Å². The van der Waals surface area contributed by atoms with Crippen LogP contribution < -0.4 is 5.73 Å². The van der Waals surface area contributed by atoms with Gasteiger partial charge in [0.05, 0.1) is 11.4 Å². The first-order valence-electron chi connectivity index (χ1n) is 7.35. The number of anilines is 1. The van der Waals surface area contributed by atoms with Crippen molar-refractivity contribution >= 4 is 48.1 Å². The molecule has 3 aromatic carbocycles. The molecule has 0 atom stereocenters. The quantitative estimate of drug-likeness (QED) is 0.339. The van der Waals surface area contributed by atoms with Crippen LogP contribution in [0.15, 0.2) is 74.6 Å². The molecule has 0 radical (unpaired) electrons. The predicted molar refractivity (Wildman–Crippen MR) is 98.6 cm³/mol. The highest BCUT2D eigenvalue weighted by atomic mass is 32.2. The maximum atomic E-state index is 11.7. The molecule has 0 aromatic heterocycles. The molecular weight excluding hydrogens is 394 g/mol. The molecule has 0 bridgehead atoms. The minimum atomic E-state index is -4.70. The molecule has 3 rings (SSSR count). The van der Waals surface area contributed by atoms with Crippen LogP contribution in [0.2, 0.25) is 0 Å². The number of rotatable bonds is 4. The molecule has 27 heavy (non-hydrogen) atoms. The van der Waals surface area contributed by atoms with Crippen molar-refractivity contribution < 1.29 is 25.9 Å². The third-order valence-corrected chi connectivity index (χ3v) is 5.44. The molecule has 0 saturated heterocycles. The van der Waals surface area contributed by atoms with Gasteiger partial charge in [0.2, 0.25) is 0 Å². The van der Waals surface area contributed by atoms with Crippen molar-refractivity contribution in [3.63, 3.8) is 0 Å². The summed E-state index contributed by atoms with van der Waals surface area (Å²) in [6, 6.07) is 12.3.